The largest absolute Gasteiger partial charge is 0.494 e. The van der Waals surface area contributed by atoms with Gasteiger partial charge in [0.25, 0.3) is 0 Å². The minimum atomic E-state index is -3.84. The van der Waals surface area contributed by atoms with Crippen molar-refractivity contribution < 1.29 is 13.2 Å². The van der Waals surface area contributed by atoms with Crippen molar-refractivity contribution >= 4 is 43.5 Å². The Bertz CT molecular complexity index is 1000. The van der Waals surface area contributed by atoms with E-state index in [0.29, 0.717) is 16.7 Å². The summed E-state index contributed by atoms with van der Waals surface area (Å²) in [6.45, 7) is 0. The van der Waals surface area contributed by atoms with Crippen molar-refractivity contribution in [2.75, 3.05) is 7.11 Å². The quantitative estimate of drug-likeness (QED) is 0.635. The van der Waals surface area contributed by atoms with Crippen LogP contribution in [0.1, 0.15) is 0 Å². The van der Waals surface area contributed by atoms with Gasteiger partial charge in [-0.2, -0.15) is 0 Å². The van der Waals surface area contributed by atoms with Crippen LogP contribution < -0.4 is 9.88 Å². The Morgan fingerprint density at radius 3 is 2.48 bits per heavy atom. The van der Waals surface area contributed by atoms with Crippen LogP contribution in [0.25, 0.3) is 22.2 Å². The highest BCUT2D eigenvalue weighted by molar-refractivity contribution is 14.1. The zero-order chi connectivity index (χ0) is 16.6. The molecule has 0 fully saturated rings. The highest BCUT2D eigenvalue weighted by Gasteiger charge is 2.17. The number of primary sulfonamides is 1. The molecule has 2 aromatic carbocycles. The predicted octanol–water partition coefficient (Wildman–Crippen LogP) is 3.16. The lowest BCUT2D eigenvalue weighted by molar-refractivity contribution is 0.418. The molecule has 1 aromatic heterocycles. The van der Waals surface area contributed by atoms with E-state index < -0.39 is 10.0 Å². The van der Waals surface area contributed by atoms with Crippen LogP contribution in [0.4, 0.5) is 0 Å². The first-order valence-electron chi connectivity index (χ1n) is 6.67. The van der Waals surface area contributed by atoms with Crippen molar-refractivity contribution in [3.63, 3.8) is 0 Å². The van der Waals surface area contributed by atoms with Crippen LogP contribution in [0.3, 0.4) is 0 Å². The number of methoxy groups -OCH3 is 1. The number of fused-ring (bicyclic) bond motifs is 1. The van der Waals surface area contributed by atoms with Crippen LogP contribution in [-0.4, -0.2) is 20.5 Å². The lowest BCUT2D eigenvalue weighted by Gasteiger charge is -2.11. The molecular weight excluding hydrogens is 427 g/mol. The summed E-state index contributed by atoms with van der Waals surface area (Å²) in [5.41, 5.74) is 2.18. The first-order valence-corrected chi connectivity index (χ1v) is 9.30. The number of ether oxygens (including phenoxy) is 1. The van der Waals surface area contributed by atoms with Gasteiger partial charge in [-0.3, -0.25) is 0 Å². The maximum absolute atomic E-state index is 11.8. The number of pyridine rings is 1. The summed E-state index contributed by atoms with van der Waals surface area (Å²) in [5, 5.41) is 5.74. The number of rotatable bonds is 3. The fourth-order valence-corrected chi connectivity index (χ4v) is 3.79. The van der Waals surface area contributed by atoms with E-state index in [0.717, 1.165) is 14.8 Å². The topological polar surface area (TPSA) is 82.3 Å². The molecular formula is C16H13IN2O3S. The van der Waals surface area contributed by atoms with Crippen molar-refractivity contribution in [1.82, 2.24) is 4.98 Å². The number of benzene rings is 2. The maximum Gasteiger partial charge on any atom is 0.238 e. The zero-order valence-electron chi connectivity index (χ0n) is 12.2. The third-order valence-corrected chi connectivity index (χ3v) is 5.37. The Balaban J connectivity index is 2.34. The molecule has 0 aliphatic heterocycles. The first-order chi connectivity index (χ1) is 10.9. The normalized spacial score (nSPS) is 11.6. The summed E-state index contributed by atoms with van der Waals surface area (Å²) in [6.07, 6.45) is 0. The Morgan fingerprint density at radius 2 is 1.83 bits per heavy atom. The lowest BCUT2D eigenvalue weighted by Crippen LogP contribution is -2.13. The SMILES string of the molecule is COc1ccc(S(N)(=O)=O)c2ccc(-c3ccccc3I)nc12. The molecule has 0 atom stereocenters. The van der Waals surface area contributed by atoms with Crippen molar-refractivity contribution in [1.29, 1.82) is 0 Å². The van der Waals surface area contributed by atoms with Gasteiger partial charge >= 0.3 is 0 Å². The van der Waals surface area contributed by atoms with E-state index in [1.54, 1.807) is 18.2 Å². The predicted molar refractivity (Wildman–Crippen MR) is 97.8 cm³/mol. The number of hydrogen-bond acceptors (Lipinski definition) is 4. The molecule has 23 heavy (non-hydrogen) atoms. The van der Waals surface area contributed by atoms with Crippen LogP contribution in [0, 0.1) is 3.57 Å². The minimum absolute atomic E-state index is 0.0371. The van der Waals surface area contributed by atoms with E-state index in [4.69, 9.17) is 9.88 Å². The van der Waals surface area contributed by atoms with Crippen LogP contribution >= 0.6 is 22.6 Å². The standard InChI is InChI=1S/C16H13IN2O3S/c1-22-14-8-9-15(23(18,20)21)11-6-7-13(19-16(11)14)10-4-2-3-5-12(10)17/h2-9H,1H3,(H2,18,20,21). The summed E-state index contributed by atoms with van der Waals surface area (Å²) >= 11 is 2.24. The number of aromatic nitrogens is 1. The molecule has 3 aromatic rings. The highest BCUT2D eigenvalue weighted by atomic mass is 127. The van der Waals surface area contributed by atoms with Gasteiger partial charge < -0.3 is 4.74 Å². The lowest BCUT2D eigenvalue weighted by atomic mass is 10.1. The smallest absolute Gasteiger partial charge is 0.238 e. The van der Waals surface area contributed by atoms with E-state index in [1.807, 2.05) is 24.3 Å². The number of nitrogens with two attached hydrogens (primary N) is 1. The van der Waals surface area contributed by atoms with Crippen molar-refractivity contribution in [2.24, 2.45) is 5.14 Å². The molecule has 7 heteroatoms. The molecule has 0 aliphatic rings. The van der Waals surface area contributed by atoms with Gasteiger partial charge in [-0.15, -0.1) is 0 Å². The third-order valence-electron chi connectivity index (χ3n) is 3.46. The molecule has 118 valence electrons. The fourth-order valence-electron chi connectivity index (χ4n) is 2.40. The fraction of sp³-hybridized carbons (Fsp3) is 0.0625. The Labute approximate surface area is 147 Å². The summed E-state index contributed by atoms with van der Waals surface area (Å²) < 4.78 is 29.9. The van der Waals surface area contributed by atoms with Crippen molar-refractivity contribution in [3.05, 3.63) is 52.1 Å². The number of sulfonamides is 1. The Morgan fingerprint density at radius 1 is 1.09 bits per heavy atom. The van der Waals surface area contributed by atoms with E-state index in [2.05, 4.69) is 27.6 Å². The number of nitrogens with zero attached hydrogens (tertiary/aromatic N) is 1. The Hall–Kier alpha value is -1.71. The van der Waals surface area contributed by atoms with E-state index >= 15 is 0 Å². The van der Waals surface area contributed by atoms with Gasteiger partial charge in [0.05, 0.1) is 17.7 Å². The molecule has 0 bridgehead atoms. The zero-order valence-corrected chi connectivity index (χ0v) is 15.1. The molecule has 2 N–H and O–H groups in total. The molecule has 1 heterocycles. The van der Waals surface area contributed by atoms with Gasteiger partial charge in [0.2, 0.25) is 10.0 Å². The highest BCUT2D eigenvalue weighted by Crippen LogP contribution is 2.32. The van der Waals surface area contributed by atoms with Gasteiger partial charge in [-0.1, -0.05) is 18.2 Å². The van der Waals surface area contributed by atoms with Gasteiger partial charge in [-0.05, 0) is 52.9 Å². The monoisotopic (exact) mass is 440 g/mol. The molecule has 0 amide bonds. The molecule has 0 radical (unpaired) electrons. The second kappa shape index (κ2) is 6.06. The third kappa shape index (κ3) is 3.04. The molecule has 5 nitrogen and oxygen atoms in total. The Kier molecular flexibility index (Phi) is 4.26. The first kappa shape index (κ1) is 16.2. The maximum atomic E-state index is 11.8. The van der Waals surface area contributed by atoms with Crippen LogP contribution in [0.15, 0.2) is 53.4 Å². The van der Waals surface area contributed by atoms with Crippen molar-refractivity contribution in [2.45, 2.75) is 4.90 Å². The van der Waals surface area contributed by atoms with Crippen molar-refractivity contribution in [3.8, 4) is 17.0 Å². The molecule has 0 unspecified atom stereocenters. The van der Waals surface area contributed by atoms with Crippen LogP contribution in [0.5, 0.6) is 5.75 Å². The second-order valence-corrected chi connectivity index (χ2v) is 7.58. The van der Waals surface area contributed by atoms with E-state index in [1.165, 1.54) is 13.2 Å². The van der Waals surface area contributed by atoms with Gasteiger partial charge in [0, 0.05) is 14.5 Å². The molecule has 0 saturated heterocycles. The average Bonchev–Trinajstić information content (AvgIpc) is 2.52. The summed E-state index contributed by atoms with van der Waals surface area (Å²) in [5.74, 6) is 0.500. The van der Waals surface area contributed by atoms with E-state index in [9.17, 15) is 8.42 Å². The van der Waals surface area contributed by atoms with Gasteiger partial charge in [-0.25, -0.2) is 18.5 Å². The average molecular weight is 440 g/mol. The van der Waals surface area contributed by atoms with Crippen LogP contribution in [-0.2, 0) is 10.0 Å². The summed E-state index contributed by atoms with van der Waals surface area (Å²) in [7, 11) is -2.32. The van der Waals surface area contributed by atoms with Gasteiger partial charge in [0.15, 0.2) is 0 Å². The number of halogens is 1. The summed E-state index contributed by atoms with van der Waals surface area (Å²) in [6, 6.07) is 14.3. The molecule has 3 rings (SSSR count). The molecule has 0 saturated carbocycles. The summed E-state index contributed by atoms with van der Waals surface area (Å²) in [4.78, 5) is 4.64. The van der Waals surface area contributed by atoms with Crippen LogP contribution in [0.2, 0.25) is 0 Å². The molecule has 0 spiro atoms. The molecule has 0 aliphatic carbocycles. The van der Waals surface area contributed by atoms with Gasteiger partial charge in [0.1, 0.15) is 11.3 Å². The number of hydrogen-bond donors (Lipinski definition) is 1. The van der Waals surface area contributed by atoms with E-state index in [-0.39, 0.29) is 4.90 Å². The minimum Gasteiger partial charge on any atom is -0.494 e. The second-order valence-electron chi connectivity index (χ2n) is 4.88.